The molecule has 5 heteroatoms. The van der Waals surface area contributed by atoms with E-state index < -0.39 is 5.91 Å². The van der Waals surface area contributed by atoms with E-state index in [0.717, 1.165) is 18.8 Å². The van der Waals surface area contributed by atoms with E-state index in [4.69, 9.17) is 11.1 Å². The second-order valence-electron chi connectivity index (χ2n) is 7.31. The van der Waals surface area contributed by atoms with Crippen LogP contribution in [0.3, 0.4) is 0 Å². The molecular weight excluding hydrogens is 336 g/mol. The summed E-state index contributed by atoms with van der Waals surface area (Å²) in [5.74, 6) is -0.582. The Balaban J connectivity index is 1.73. The van der Waals surface area contributed by atoms with E-state index in [1.54, 1.807) is 24.4 Å². The van der Waals surface area contributed by atoms with Gasteiger partial charge in [0, 0.05) is 29.4 Å². The predicted octanol–water partition coefficient (Wildman–Crippen LogP) is 3.40. The van der Waals surface area contributed by atoms with Crippen molar-refractivity contribution >= 4 is 17.3 Å². The number of benzene rings is 1. The van der Waals surface area contributed by atoms with E-state index in [-0.39, 0.29) is 16.7 Å². The van der Waals surface area contributed by atoms with Crippen LogP contribution in [0.1, 0.15) is 38.2 Å². The van der Waals surface area contributed by atoms with Crippen LogP contribution in [0.15, 0.2) is 59.8 Å². The van der Waals surface area contributed by atoms with Gasteiger partial charge in [0.1, 0.15) is 0 Å². The molecule has 1 aromatic rings. The Hall–Kier alpha value is -2.66. The molecule has 27 heavy (non-hydrogen) atoms. The molecule has 2 aliphatic rings. The van der Waals surface area contributed by atoms with Gasteiger partial charge < -0.3 is 16.4 Å². The highest BCUT2D eigenvalue weighted by Gasteiger charge is 2.32. The Morgan fingerprint density at radius 3 is 2.78 bits per heavy atom. The molecule has 1 aliphatic heterocycles. The van der Waals surface area contributed by atoms with Crippen LogP contribution in [0, 0.1) is 5.41 Å². The normalized spacial score (nSPS) is 24.0. The minimum Gasteiger partial charge on any atom is -0.366 e. The fourth-order valence-electron chi connectivity index (χ4n) is 4.03. The summed E-state index contributed by atoms with van der Waals surface area (Å²) in [7, 11) is 0. The Bertz CT molecular complexity index is 791. The fourth-order valence-corrected chi connectivity index (χ4v) is 4.03. The van der Waals surface area contributed by atoms with E-state index in [2.05, 4.69) is 41.8 Å². The van der Waals surface area contributed by atoms with Gasteiger partial charge in [-0.15, -0.1) is 0 Å². The van der Waals surface area contributed by atoms with Gasteiger partial charge in [0.15, 0.2) is 0 Å². The van der Waals surface area contributed by atoms with Crippen molar-refractivity contribution in [1.82, 2.24) is 5.32 Å². The zero-order valence-electron chi connectivity index (χ0n) is 15.8. The lowest BCUT2D eigenvalue weighted by molar-refractivity contribution is -0.114. The van der Waals surface area contributed by atoms with E-state index in [1.807, 2.05) is 0 Å². The maximum Gasteiger partial charge on any atom is 0.250 e. The summed E-state index contributed by atoms with van der Waals surface area (Å²) in [4.78, 5) is 11.4. The SMILES string of the molecule is CCCC1(c2ccc(N/C=C3/C=CC=C(C(N)=O)C3=N)cc2)CCCNC1. The van der Waals surface area contributed by atoms with Gasteiger partial charge in [0.25, 0.3) is 5.91 Å². The number of carbonyl (C=O) groups excluding carboxylic acids is 1. The van der Waals surface area contributed by atoms with Gasteiger partial charge in [-0.2, -0.15) is 0 Å². The lowest BCUT2D eigenvalue weighted by Gasteiger charge is -2.38. The van der Waals surface area contributed by atoms with Gasteiger partial charge in [-0.1, -0.05) is 37.6 Å². The minimum absolute atomic E-state index is 0.143. The first-order chi connectivity index (χ1) is 13.1. The van der Waals surface area contributed by atoms with Crippen LogP contribution in [0.25, 0.3) is 0 Å². The van der Waals surface area contributed by atoms with E-state index in [1.165, 1.54) is 31.2 Å². The highest BCUT2D eigenvalue weighted by atomic mass is 16.1. The van der Waals surface area contributed by atoms with Crippen molar-refractivity contribution in [3.8, 4) is 0 Å². The Labute approximate surface area is 160 Å². The first kappa shape index (κ1) is 19.1. The summed E-state index contributed by atoms with van der Waals surface area (Å²) in [5, 5.41) is 14.9. The maximum absolute atomic E-state index is 11.4. The van der Waals surface area contributed by atoms with Crippen molar-refractivity contribution in [1.29, 1.82) is 5.41 Å². The van der Waals surface area contributed by atoms with Crippen molar-refractivity contribution in [3.63, 3.8) is 0 Å². The largest absolute Gasteiger partial charge is 0.366 e. The Morgan fingerprint density at radius 2 is 2.15 bits per heavy atom. The number of hydrogen-bond donors (Lipinski definition) is 4. The van der Waals surface area contributed by atoms with Crippen LogP contribution in [0.4, 0.5) is 5.69 Å². The summed E-state index contributed by atoms with van der Waals surface area (Å²) in [6.07, 6.45) is 11.7. The molecule has 0 saturated carbocycles. The van der Waals surface area contributed by atoms with E-state index >= 15 is 0 Å². The second kappa shape index (κ2) is 8.35. The first-order valence-corrected chi connectivity index (χ1v) is 9.61. The number of hydrogen-bond acceptors (Lipinski definition) is 4. The second-order valence-corrected chi connectivity index (χ2v) is 7.31. The molecule has 1 atom stereocenters. The summed E-state index contributed by atoms with van der Waals surface area (Å²) in [5.41, 5.74) is 8.90. The fraction of sp³-hybridized carbons (Fsp3) is 0.364. The standard InChI is InChI=1S/C22H28N4O/c1-2-11-22(12-4-13-25-15-22)17-7-9-18(10-8-17)26-14-16-5-3-6-19(20(16)23)21(24)27/h3,5-10,14,23,25-26H,2,4,11-13,15H2,1H3,(H2,24,27)/b16-14-,23-20?. The zero-order valence-corrected chi connectivity index (χ0v) is 15.8. The van der Waals surface area contributed by atoms with Crippen molar-refractivity contribution < 1.29 is 4.79 Å². The molecule has 0 radical (unpaired) electrons. The van der Waals surface area contributed by atoms with E-state index in [0.29, 0.717) is 5.57 Å². The van der Waals surface area contributed by atoms with Crippen molar-refractivity contribution in [2.24, 2.45) is 5.73 Å². The summed E-state index contributed by atoms with van der Waals surface area (Å²) in [6, 6.07) is 8.58. The van der Waals surface area contributed by atoms with Gasteiger partial charge in [-0.05, 0) is 49.6 Å². The molecule has 1 saturated heterocycles. The number of piperidine rings is 1. The number of carbonyl (C=O) groups is 1. The molecule has 142 valence electrons. The zero-order chi connectivity index (χ0) is 19.3. The molecule has 0 bridgehead atoms. The molecule has 1 heterocycles. The monoisotopic (exact) mass is 364 g/mol. The predicted molar refractivity (Wildman–Crippen MR) is 111 cm³/mol. The third-order valence-electron chi connectivity index (χ3n) is 5.45. The molecule has 1 fully saturated rings. The molecule has 5 nitrogen and oxygen atoms in total. The minimum atomic E-state index is -0.582. The number of nitrogens with one attached hydrogen (secondary N) is 3. The topological polar surface area (TPSA) is 91.0 Å². The number of anilines is 1. The van der Waals surface area contributed by atoms with Gasteiger partial charge in [0.2, 0.25) is 0 Å². The van der Waals surface area contributed by atoms with Crippen LogP contribution in [-0.4, -0.2) is 24.7 Å². The van der Waals surface area contributed by atoms with E-state index in [9.17, 15) is 4.79 Å². The Kier molecular flexibility index (Phi) is 5.91. The van der Waals surface area contributed by atoms with Crippen LogP contribution >= 0.6 is 0 Å². The van der Waals surface area contributed by atoms with Gasteiger partial charge in [0.05, 0.1) is 11.3 Å². The molecule has 1 amide bonds. The van der Waals surface area contributed by atoms with Gasteiger partial charge in [-0.25, -0.2) is 0 Å². The molecule has 1 unspecified atom stereocenters. The van der Waals surface area contributed by atoms with Crippen LogP contribution in [0.5, 0.6) is 0 Å². The first-order valence-electron chi connectivity index (χ1n) is 9.61. The third kappa shape index (κ3) is 4.19. The molecule has 3 rings (SSSR count). The van der Waals surface area contributed by atoms with Gasteiger partial charge in [-0.3, -0.25) is 10.2 Å². The average Bonchev–Trinajstić information content (AvgIpc) is 2.68. The van der Waals surface area contributed by atoms with Crippen LogP contribution in [0.2, 0.25) is 0 Å². The van der Waals surface area contributed by atoms with Crippen molar-refractivity contribution in [2.75, 3.05) is 18.4 Å². The summed E-state index contributed by atoms with van der Waals surface area (Å²) in [6.45, 7) is 4.40. The molecule has 5 N–H and O–H groups in total. The van der Waals surface area contributed by atoms with Gasteiger partial charge >= 0.3 is 0 Å². The molecule has 1 aliphatic carbocycles. The Morgan fingerprint density at radius 1 is 1.37 bits per heavy atom. The summed E-state index contributed by atoms with van der Waals surface area (Å²) >= 11 is 0. The number of rotatable bonds is 6. The summed E-state index contributed by atoms with van der Waals surface area (Å²) < 4.78 is 0. The molecule has 1 aromatic carbocycles. The molecule has 0 aromatic heterocycles. The van der Waals surface area contributed by atoms with Crippen LogP contribution < -0.4 is 16.4 Å². The molecule has 0 spiro atoms. The highest BCUT2D eigenvalue weighted by molar-refractivity contribution is 6.28. The number of nitrogens with two attached hydrogens (primary N) is 1. The number of primary amides is 1. The smallest absolute Gasteiger partial charge is 0.250 e. The third-order valence-corrected chi connectivity index (χ3v) is 5.45. The quantitative estimate of drug-likeness (QED) is 0.623. The van der Waals surface area contributed by atoms with Crippen LogP contribution in [-0.2, 0) is 10.2 Å². The highest BCUT2D eigenvalue weighted by Crippen LogP contribution is 2.36. The lowest BCUT2D eigenvalue weighted by Crippen LogP contribution is -2.43. The number of allylic oxidation sites excluding steroid dienone is 4. The average molecular weight is 364 g/mol. The maximum atomic E-state index is 11.4. The van der Waals surface area contributed by atoms with Crippen molar-refractivity contribution in [2.45, 2.75) is 38.0 Å². The lowest BCUT2D eigenvalue weighted by atomic mass is 9.72. The van der Waals surface area contributed by atoms with Crippen molar-refractivity contribution in [3.05, 3.63) is 65.4 Å². The molecular formula is C22H28N4O. The number of amides is 1.